The molecule has 1 saturated heterocycles. The Morgan fingerprint density at radius 3 is 2.35 bits per heavy atom. The first-order chi connectivity index (χ1) is 12.3. The molecular weight excluding hydrogens is 420 g/mol. The van der Waals surface area contributed by atoms with E-state index in [0.29, 0.717) is 26.9 Å². The van der Waals surface area contributed by atoms with Crippen molar-refractivity contribution in [3.05, 3.63) is 50.4 Å². The highest BCUT2D eigenvalue weighted by Gasteiger charge is 2.40. The molecule has 1 atom stereocenters. The van der Waals surface area contributed by atoms with Gasteiger partial charge < -0.3 is 4.74 Å². The average molecular weight is 433 g/mol. The van der Waals surface area contributed by atoms with Crippen LogP contribution >= 0.6 is 46.4 Å². The fourth-order valence-electron chi connectivity index (χ4n) is 2.98. The van der Waals surface area contributed by atoms with Crippen molar-refractivity contribution in [2.24, 2.45) is 5.92 Å². The van der Waals surface area contributed by atoms with Gasteiger partial charge in [0.25, 0.3) is 0 Å². The van der Waals surface area contributed by atoms with Crippen LogP contribution in [0.4, 0.5) is 5.69 Å². The number of amides is 2. The van der Waals surface area contributed by atoms with Gasteiger partial charge in [-0.25, -0.2) is 4.90 Å². The zero-order chi connectivity index (χ0) is 19.0. The Morgan fingerprint density at radius 1 is 1.08 bits per heavy atom. The van der Waals surface area contributed by atoms with Crippen molar-refractivity contribution in [1.29, 1.82) is 0 Å². The minimum Gasteiger partial charge on any atom is -0.384 e. The predicted molar refractivity (Wildman–Crippen MR) is 104 cm³/mol. The highest BCUT2D eigenvalue weighted by atomic mass is 35.5. The third-order valence-corrected chi connectivity index (χ3v) is 5.31. The first kappa shape index (κ1) is 19.5. The highest BCUT2D eigenvalue weighted by Crippen LogP contribution is 2.44. The van der Waals surface area contributed by atoms with Crippen molar-refractivity contribution in [3.8, 4) is 11.1 Å². The van der Waals surface area contributed by atoms with Crippen LogP contribution in [0, 0.1) is 5.92 Å². The summed E-state index contributed by atoms with van der Waals surface area (Å²) >= 11 is 24.8. The van der Waals surface area contributed by atoms with Gasteiger partial charge in [0.05, 0.1) is 28.3 Å². The molecule has 1 aliphatic heterocycles. The molecule has 26 heavy (non-hydrogen) atoms. The first-order valence-corrected chi connectivity index (χ1v) is 9.15. The van der Waals surface area contributed by atoms with Crippen molar-refractivity contribution in [1.82, 2.24) is 0 Å². The van der Waals surface area contributed by atoms with Gasteiger partial charge in [-0.3, -0.25) is 9.59 Å². The smallest absolute Gasteiger partial charge is 0.239 e. The molecule has 1 aliphatic rings. The van der Waals surface area contributed by atoms with Crippen LogP contribution in [0.1, 0.15) is 6.42 Å². The molecule has 8 heteroatoms. The summed E-state index contributed by atoms with van der Waals surface area (Å²) in [6.07, 6.45) is 0.0721. The van der Waals surface area contributed by atoms with Gasteiger partial charge in [0.2, 0.25) is 11.8 Å². The molecule has 136 valence electrons. The van der Waals surface area contributed by atoms with Gasteiger partial charge in [-0.15, -0.1) is 0 Å². The number of methoxy groups -OCH3 is 1. The summed E-state index contributed by atoms with van der Waals surface area (Å²) in [6, 6.07) is 7.99. The van der Waals surface area contributed by atoms with Crippen molar-refractivity contribution < 1.29 is 14.3 Å². The normalized spacial score (nSPS) is 17.3. The number of halogens is 4. The highest BCUT2D eigenvalue weighted by molar-refractivity contribution is 6.45. The van der Waals surface area contributed by atoms with E-state index in [1.54, 1.807) is 30.3 Å². The molecule has 2 aromatic carbocycles. The molecule has 4 nitrogen and oxygen atoms in total. The molecule has 0 N–H and O–H groups in total. The van der Waals surface area contributed by atoms with E-state index in [2.05, 4.69) is 0 Å². The maximum Gasteiger partial charge on any atom is 0.239 e. The number of benzene rings is 2. The summed E-state index contributed by atoms with van der Waals surface area (Å²) in [4.78, 5) is 26.3. The molecule has 0 saturated carbocycles. The number of carbonyl (C=O) groups is 2. The number of imide groups is 1. The largest absolute Gasteiger partial charge is 0.384 e. The van der Waals surface area contributed by atoms with Gasteiger partial charge in [0.15, 0.2) is 0 Å². The molecule has 1 unspecified atom stereocenters. The van der Waals surface area contributed by atoms with Gasteiger partial charge >= 0.3 is 0 Å². The standard InChI is InChI=1S/C18H13Cl4NO3/c1-26-8-10-6-15(24)23(18(10)25)14-3-2-13(21)17(22)16(14)9-4-11(19)7-12(20)5-9/h2-5,7,10H,6,8H2,1H3. The molecule has 0 aliphatic carbocycles. The van der Waals surface area contributed by atoms with Crippen LogP contribution < -0.4 is 4.90 Å². The van der Waals surface area contributed by atoms with Crippen LogP contribution in [0.25, 0.3) is 11.1 Å². The molecular formula is C18H13Cl4NO3. The lowest BCUT2D eigenvalue weighted by atomic mass is 10.0. The summed E-state index contributed by atoms with van der Waals surface area (Å²) in [5, 5.41) is 1.28. The summed E-state index contributed by atoms with van der Waals surface area (Å²) in [5.41, 5.74) is 1.32. The monoisotopic (exact) mass is 431 g/mol. The minimum atomic E-state index is -0.530. The van der Waals surface area contributed by atoms with Crippen LogP contribution in [0.2, 0.25) is 20.1 Å². The SMILES string of the molecule is COCC1CC(=O)N(c2ccc(Cl)c(Cl)c2-c2cc(Cl)cc(Cl)c2)C1=O. The molecule has 2 aromatic rings. The van der Waals surface area contributed by atoms with E-state index >= 15 is 0 Å². The number of ether oxygens (including phenoxy) is 1. The van der Waals surface area contributed by atoms with E-state index in [1.807, 2.05) is 0 Å². The average Bonchev–Trinajstić information content (AvgIpc) is 2.83. The Morgan fingerprint density at radius 2 is 1.73 bits per heavy atom. The van der Waals surface area contributed by atoms with Crippen LogP contribution in [0.5, 0.6) is 0 Å². The van der Waals surface area contributed by atoms with Crippen molar-refractivity contribution in [2.45, 2.75) is 6.42 Å². The van der Waals surface area contributed by atoms with Crippen molar-refractivity contribution in [2.75, 3.05) is 18.6 Å². The van der Waals surface area contributed by atoms with E-state index in [0.717, 1.165) is 4.90 Å². The zero-order valence-corrected chi connectivity index (χ0v) is 16.6. The summed E-state index contributed by atoms with van der Waals surface area (Å²) < 4.78 is 5.04. The fraction of sp³-hybridized carbons (Fsp3) is 0.222. The number of nitrogens with zero attached hydrogens (tertiary/aromatic N) is 1. The maximum absolute atomic E-state index is 12.7. The second-order valence-electron chi connectivity index (χ2n) is 5.84. The first-order valence-electron chi connectivity index (χ1n) is 7.63. The van der Waals surface area contributed by atoms with Gasteiger partial charge in [0, 0.05) is 29.1 Å². The predicted octanol–water partition coefficient (Wildman–Crippen LogP) is 5.49. The van der Waals surface area contributed by atoms with Crippen LogP contribution in [0.15, 0.2) is 30.3 Å². The fourth-order valence-corrected chi connectivity index (χ4v) is 3.93. The second-order valence-corrected chi connectivity index (χ2v) is 7.50. The second kappa shape index (κ2) is 7.75. The lowest BCUT2D eigenvalue weighted by Gasteiger charge is -2.21. The van der Waals surface area contributed by atoms with Crippen LogP contribution in [0.3, 0.4) is 0 Å². The number of carbonyl (C=O) groups excluding carboxylic acids is 2. The van der Waals surface area contributed by atoms with Gasteiger partial charge in [0.1, 0.15) is 0 Å². The minimum absolute atomic E-state index is 0.0721. The Labute approximate surface area is 170 Å². The Kier molecular flexibility index (Phi) is 5.80. The number of rotatable bonds is 4. The van der Waals surface area contributed by atoms with E-state index in [-0.39, 0.29) is 34.9 Å². The lowest BCUT2D eigenvalue weighted by Crippen LogP contribution is -2.31. The number of hydrogen-bond donors (Lipinski definition) is 0. The molecule has 0 aromatic heterocycles. The molecule has 2 amide bonds. The maximum atomic E-state index is 12.7. The Hall–Kier alpha value is -1.30. The number of anilines is 1. The summed E-state index contributed by atoms with van der Waals surface area (Å²) in [5.74, 6) is -1.20. The molecule has 1 fully saturated rings. The van der Waals surface area contributed by atoms with Gasteiger partial charge in [-0.1, -0.05) is 46.4 Å². The quantitative estimate of drug-likeness (QED) is 0.599. The lowest BCUT2D eigenvalue weighted by molar-refractivity contribution is -0.122. The summed E-state index contributed by atoms with van der Waals surface area (Å²) in [6.45, 7) is 0.167. The van der Waals surface area contributed by atoms with E-state index in [9.17, 15) is 9.59 Å². The summed E-state index contributed by atoms with van der Waals surface area (Å²) in [7, 11) is 1.49. The van der Waals surface area contributed by atoms with Gasteiger partial charge in [-0.2, -0.15) is 0 Å². The third-order valence-electron chi connectivity index (χ3n) is 4.07. The van der Waals surface area contributed by atoms with Crippen LogP contribution in [-0.2, 0) is 14.3 Å². The topological polar surface area (TPSA) is 46.6 Å². The van der Waals surface area contributed by atoms with Crippen molar-refractivity contribution in [3.63, 3.8) is 0 Å². The zero-order valence-electron chi connectivity index (χ0n) is 13.6. The number of hydrogen-bond acceptors (Lipinski definition) is 3. The van der Waals surface area contributed by atoms with Gasteiger partial charge in [-0.05, 0) is 35.9 Å². The van der Waals surface area contributed by atoms with E-state index < -0.39 is 5.92 Å². The van der Waals surface area contributed by atoms with E-state index in [1.165, 1.54) is 7.11 Å². The van der Waals surface area contributed by atoms with Crippen LogP contribution in [-0.4, -0.2) is 25.5 Å². The molecule has 0 radical (unpaired) electrons. The molecule has 1 heterocycles. The van der Waals surface area contributed by atoms with E-state index in [4.69, 9.17) is 51.1 Å². The molecule has 3 rings (SSSR count). The third kappa shape index (κ3) is 3.57. The van der Waals surface area contributed by atoms with Crippen molar-refractivity contribution >= 4 is 63.9 Å². The molecule has 0 spiro atoms. The Bertz CT molecular complexity index is 880. The Balaban J connectivity index is 2.19. The molecule has 0 bridgehead atoms.